The van der Waals surface area contributed by atoms with Crippen molar-refractivity contribution >= 4 is 11.9 Å². The molecule has 4 rings (SSSR count). The van der Waals surface area contributed by atoms with Crippen molar-refractivity contribution in [3.8, 4) is 0 Å². The van der Waals surface area contributed by atoms with Crippen LogP contribution in [0.2, 0.25) is 0 Å². The number of alkyl halides is 3. The van der Waals surface area contributed by atoms with E-state index in [0.717, 1.165) is 31.9 Å². The number of amides is 1. The number of carbonyl (C=O) groups is 1. The van der Waals surface area contributed by atoms with Gasteiger partial charge in [-0.05, 0) is 51.3 Å². The van der Waals surface area contributed by atoms with E-state index in [9.17, 15) is 18.0 Å². The molecule has 1 aromatic heterocycles. The summed E-state index contributed by atoms with van der Waals surface area (Å²) in [4.78, 5) is 26.7. The molecule has 154 valence electrons. The Labute approximate surface area is 162 Å². The van der Waals surface area contributed by atoms with Gasteiger partial charge in [-0.3, -0.25) is 4.79 Å². The van der Waals surface area contributed by atoms with Crippen LogP contribution in [-0.2, 0) is 11.0 Å². The summed E-state index contributed by atoms with van der Waals surface area (Å²) in [5.74, 6) is 0.822. The summed E-state index contributed by atoms with van der Waals surface area (Å²) in [5.41, 5.74) is -0.910. The van der Waals surface area contributed by atoms with Crippen LogP contribution in [0.3, 0.4) is 0 Å². The van der Waals surface area contributed by atoms with Crippen molar-refractivity contribution in [2.75, 3.05) is 38.6 Å². The molecule has 0 aromatic carbocycles. The molecule has 0 N–H and O–H groups in total. The first-order valence-electron chi connectivity index (χ1n) is 9.85. The van der Waals surface area contributed by atoms with E-state index in [1.54, 1.807) is 0 Å². The third-order valence-electron chi connectivity index (χ3n) is 6.27. The predicted octanol–water partition coefficient (Wildman–Crippen LogP) is 2.26. The largest absolute Gasteiger partial charge is 0.433 e. The number of halogens is 3. The minimum absolute atomic E-state index is 0.0812. The Morgan fingerprint density at radius 1 is 1.25 bits per heavy atom. The molecule has 1 aromatic rings. The van der Waals surface area contributed by atoms with Crippen molar-refractivity contribution in [1.29, 1.82) is 0 Å². The zero-order chi connectivity index (χ0) is 20.1. The van der Waals surface area contributed by atoms with E-state index in [1.165, 1.54) is 6.20 Å². The summed E-state index contributed by atoms with van der Waals surface area (Å²) in [6.45, 7) is 1.94. The molecule has 9 heteroatoms. The summed E-state index contributed by atoms with van der Waals surface area (Å²) in [6.07, 6.45) is 0.148. The summed E-state index contributed by atoms with van der Waals surface area (Å²) in [5, 5.41) is 0. The maximum Gasteiger partial charge on any atom is 0.433 e. The van der Waals surface area contributed by atoms with Crippen molar-refractivity contribution in [3.63, 3.8) is 0 Å². The Kier molecular flexibility index (Phi) is 4.97. The topological polar surface area (TPSA) is 52.6 Å². The molecule has 3 saturated heterocycles. The molecule has 1 amide bonds. The van der Waals surface area contributed by atoms with Crippen LogP contribution in [0.15, 0.2) is 12.3 Å². The lowest BCUT2D eigenvalue weighted by molar-refractivity contribution is -0.149. The monoisotopic (exact) mass is 397 g/mol. The lowest BCUT2D eigenvalue weighted by Crippen LogP contribution is -2.67. The van der Waals surface area contributed by atoms with Crippen LogP contribution in [0.5, 0.6) is 0 Å². The molecule has 0 aliphatic carbocycles. The summed E-state index contributed by atoms with van der Waals surface area (Å²) in [6, 6.07) is 1.15. The van der Waals surface area contributed by atoms with E-state index in [0.29, 0.717) is 19.5 Å². The number of hydrogen-bond acceptors (Lipinski definition) is 5. The van der Waals surface area contributed by atoms with Gasteiger partial charge in [-0.1, -0.05) is 0 Å². The average Bonchev–Trinajstić information content (AvgIpc) is 2.64. The van der Waals surface area contributed by atoms with Gasteiger partial charge in [-0.2, -0.15) is 13.2 Å². The number of likely N-dealkylation sites (N-methyl/N-ethyl adjacent to an activating group) is 1. The van der Waals surface area contributed by atoms with Gasteiger partial charge in [0.15, 0.2) is 0 Å². The zero-order valence-electron chi connectivity index (χ0n) is 16.2. The summed E-state index contributed by atoms with van der Waals surface area (Å²) in [7, 11) is 3.98. The highest BCUT2D eigenvalue weighted by molar-refractivity contribution is 5.78. The molecule has 3 fully saturated rings. The normalized spacial score (nSPS) is 30.6. The van der Waals surface area contributed by atoms with Gasteiger partial charge in [0, 0.05) is 44.3 Å². The first-order chi connectivity index (χ1) is 13.2. The quantitative estimate of drug-likeness (QED) is 0.783. The van der Waals surface area contributed by atoms with Crippen LogP contribution < -0.4 is 4.90 Å². The fourth-order valence-electron chi connectivity index (χ4n) is 5.21. The summed E-state index contributed by atoms with van der Waals surface area (Å²) >= 11 is 0. The lowest BCUT2D eigenvalue weighted by Gasteiger charge is -2.57. The minimum atomic E-state index is -4.48. The van der Waals surface area contributed by atoms with E-state index in [-0.39, 0.29) is 35.8 Å². The van der Waals surface area contributed by atoms with Crippen molar-refractivity contribution < 1.29 is 18.0 Å². The second-order valence-corrected chi connectivity index (χ2v) is 8.49. The Morgan fingerprint density at radius 2 is 2.00 bits per heavy atom. The van der Waals surface area contributed by atoms with Crippen LogP contribution in [0.4, 0.5) is 19.1 Å². The van der Waals surface area contributed by atoms with E-state index in [2.05, 4.69) is 19.8 Å². The smallest absolute Gasteiger partial charge is 0.340 e. The number of fused-ring (bicyclic) bond motifs is 4. The zero-order valence-corrected chi connectivity index (χ0v) is 16.2. The number of nitrogens with zero attached hydrogens (tertiary/aromatic N) is 5. The molecule has 4 heterocycles. The molecular weight excluding hydrogens is 371 g/mol. The molecule has 3 aliphatic rings. The van der Waals surface area contributed by atoms with Gasteiger partial charge in [-0.15, -0.1) is 0 Å². The molecular formula is C19H26F3N5O. The number of hydrogen-bond donors (Lipinski definition) is 0. The third kappa shape index (κ3) is 3.56. The predicted molar refractivity (Wildman–Crippen MR) is 97.7 cm³/mol. The Hall–Kier alpha value is -1.90. The van der Waals surface area contributed by atoms with Crippen molar-refractivity contribution in [2.24, 2.45) is 11.8 Å². The van der Waals surface area contributed by atoms with Crippen LogP contribution in [0.25, 0.3) is 0 Å². The highest BCUT2D eigenvalue weighted by Gasteiger charge is 2.49. The van der Waals surface area contributed by atoms with Gasteiger partial charge in [0.25, 0.3) is 0 Å². The molecule has 28 heavy (non-hydrogen) atoms. The van der Waals surface area contributed by atoms with E-state index in [4.69, 9.17) is 0 Å². The first kappa shape index (κ1) is 19.4. The molecule has 3 aliphatic heterocycles. The van der Waals surface area contributed by atoms with Crippen LogP contribution in [0.1, 0.15) is 31.4 Å². The van der Waals surface area contributed by atoms with Crippen molar-refractivity contribution in [3.05, 3.63) is 18.0 Å². The van der Waals surface area contributed by atoms with E-state index >= 15 is 0 Å². The highest BCUT2D eigenvalue weighted by atomic mass is 19.4. The molecule has 0 radical (unpaired) electrons. The Balaban J connectivity index is 1.63. The first-order valence-corrected chi connectivity index (χ1v) is 9.85. The van der Waals surface area contributed by atoms with Crippen molar-refractivity contribution in [2.45, 2.75) is 43.9 Å². The fraction of sp³-hybridized carbons (Fsp3) is 0.737. The molecule has 4 atom stereocenters. The number of carbonyl (C=O) groups excluding carboxylic acids is 1. The lowest BCUT2D eigenvalue weighted by atomic mass is 9.72. The van der Waals surface area contributed by atoms with E-state index in [1.807, 2.05) is 19.0 Å². The number of anilines is 1. The number of aromatic nitrogens is 2. The van der Waals surface area contributed by atoms with Gasteiger partial charge >= 0.3 is 6.18 Å². The van der Waals surface area contributed by atoms with Gasteiger partial charge in [0.05, 0.1) is 0 Å². The van der Waals surface area contributed by atoms with Gasteiger partial charge in [0.1, 0.15) is 5.69 Å². The Bertz CT molecular complexity index is 741. The van der Waals surface area contributed by atoms with Gasteiger partial charge in [0.2, 0.25) is 11.9 Å². The van der Waals surface area contributed by atoms with Gasteiger partial charge in [-0.25, -0.2) is 9.97 Å². The standard InChI is InChI=1S/C19H26F3N5O/c1-25(2)11-15-13-8-12(14-4-3-5-17(28)27(14)15)9-26(10-13)18-23-7-6-16(24-18)19(20,21)22/h6-7,12-15H,3-5,8-11H2,1-2H3/t12-,13+,14+,15+/m1/s1. The number of piperidine rings is 3. The van der Waals surface area contributed by atoms with Crippen LogP contribution in [-0.4, -0.2) is 71.5 Å². The average molecular weight is 397 g/mol. The molecule has 0 unspecified atom stereocenters. The SMILES string of the molecule is CN(C)C[C@H]1[C@H]2C[C@H](CN(c3nccc(C(F)(F)F)n3)C2)[C@@H]2CCCC(=O)N21. The van der Waals surface area contributed by atoms with E-state index < -0.39 is 11.9 Å². The molecule has 6 nitrogen and oxygen atoms in total. The molecule has 0 spiro atoms. The number of rotatable bonds is 3. The maximum absolute atomic E-state index is 13.1. The fourth-order valence-corrected chi connectivity index (χ4v) is 5.21. The Morgan fingerprint density at radius 3 is 2.71 bits per heavy atom. The van der Waals surface area contributed by atoms with Crippen molar-refractivity contribution in [1.82, 2.24) is 19.8 Å². The van der Waals surface area contributed by atoms with Crippen LogP contribution in [0, 0.1) is 11.8 Å². The molecule has 0 saturated carbocycles. The maximum atomic E-state index is 13.1. The highest BCUT2D eigenvalue weighted by Crippen LogP contribution is 2.42. The molecule has 2 bridgehead atoms. The second kappa shape index (κ2) is 7.17. The second-order valence-electron chi connectivity index (χ2n) is 8.49. The van der Waals surface area contributed by atoms with Crippen LogP contribution >= 0.6 is 0 Å². The minimum Gasteiger partial charge on any atom is -0.340 e. The third-order valence-corrected chi connectivity index (χ3v) is 6.27. The summed E-state index contributed by atoms with van der Waals surface area (Å²) < 4.78 is 39.2. The van der Waals surface area contributed by atoms with Gasteiger partial charge < -0.3 is 14.7 Å².